The van der Waals surface area contributed by atoms with Crippen molar-refractivity contribution in [2.75, 3.05) is 12.0 Å². The maximum atomic E-state index is 13.0. The number of rotatable bonds is 3. The number of carboxylic acid groups (broad SMARTS) is 1. The van der Waals surface area contributed by atoms with Crippen LogP contribution in [0.25, 0.3) is 0 Å². The molecule has 1 aliphatic heterocycles. The van der Waals surface area contributed by atoms with Gasteiger partial charge >= 0.3 is 5.97 Å². The van der Waals surface area contributed by atoms with Crippen LogP contribution < -0.4 is 9.64 Å². The second-order valence-corrected chi connectivity index (χ2v) is 6.52. The molecule has 2 bridgehead atoms. The molecule has 4 unspecified atom stereocenters. The van der Waals surface area contributed by atoms with Gasteiger partial charge < -0.3 is 9.84 Å². The number of fused-ring (bicyclic) bond motifs is 1. The number of allylic oxidation sites excluding steroid dienone is 2. The highest BCUT2D eigenvalue weighted by Crippen LogP contribution is 2.51. The van der Waals surface area contributed by atoms with Crippen molar-refractivity contribution in [3.63, 3.8) is 0 Å². The van der Waals surface area contributed by atoms with Crippen LogP contribution in [0, 0.1) is 23.7 Å². The van der Waals surface area contributed by atoms with Gasteiger partial charge in [-0.1, -0.05) is 18.2 Å². The minimum Gasteiger partial charge on any atom is -0.494 e. The second kappa shape index (κ2) is 5.19. The van der Waals surface area contributed by atoms with Crippen LogP contribution in [0.2, 0.25) is 0 Å². The van der Waals surface area contributed by atoms with Crippen molar-refractivity contribution in [3.8, 4) is 5.75 Å². The lowest BCUT2D eigenvalue weighted by Gasteiger charge is -2.38. The van der Waals surface area contributed by atoms with Gasteiger partial charge in [0, 0.05) is 0 Å². The number of carbonyl (C=O) groups is 3. The molecular formula is C18H17NO5. The molecule has 0 aromatic heterocycles. The Morgan fingerprint density at radius 3 is 2.17 bits per heavy atom. The van der Waals surface area contributed by atoms with Crippen molar-refractivity contribution in [2.45, 2.75) is 12.8 Å². The number of hydrogen-bond donors (Lipinski definition) is 1. The molecule has 4 aliphatic rings. The topological polar surface area (TPSA) is 83.9 Å². The van der Waals surface area contributed by atoms with Crippen molar-refractivity contribution >= 4 is 23.5 Å². The summed E-state index contributed by atoms with van der Waals surface area (Å²) in [5, 5.41) is 9.32. The molecule has 6 heteroatoms. The first-order valence-electron chi connectivity index (χ1n) is 8.01. The van der Waals surface area contributed by atoms with Crippen LogP contribution in [-0.2, 0) is 9.59 Å². The zero-order valence-corrected chi connectivity index (χ0v) is 13.1. The molecule has 1 saturated carbocycles. The van der Waals surface area contributed by atoms with Crippen LogP contribution in [0.5, 0.6) is 5.75 Å². The van der Waals surface area contributed by atoms with E-state index in [0.717, 1.165) is 17.7 Å². The summed E-state index contributed by atoms with van der Waals surface area (Å²) in [4.78, 5) is 38.5. The van der Waals surface area contributed by atoms with Crippen LogP contribution in [0.4, 0.5) is 5.69 Å². The predicted molar refractivity (Wildman–Crippen MR) is 84.8 cm³/mol. The number of nitrogens with zero attached hydrogens (tertiary/aromatic N) is 1. The van der Waals surface area contributed by atoms with Crippen molar-refractivity contribution in [3.05, 3.63) is 35.9 Å². The third-order valence-electron chi connectivity index (χ3n) is 5.43. The fraction of sp³-hybridized carbons (Fsp3) is 0.389. The monoisotopic (exact) mass is 327 g/mol. The average molecular weight is 327 g/mol. The number of imide groups is 1. The quantitative estimate of drug-likeness (QED) is 0.679. The lowest BCUT2D eigenvalue weighted by atomic mass is 9.63. The molecule has 1 aromatic carbocycles. The Morgan fingerprint density at radius 2 is 1.71 bits per heavy atom. The van der Waals surface area contributed by atoms with Gasteiger partial charge in [-0.25, -0.2) is 9.69 Å². The van der Waals surface area contributed by atoms with Crippen LogP contribution in [-0.4, -0.2) is 30.0 Å². The number of hydrogen-bond acceptors (Lipinski definition) is 4. The molecule has 1 N–H and O–H groups in total. The Kier molecular flexibility index (Phi) is 3.23. The molecule has 24 heavy (non-hydrogen) atoms. The molecular weight excluding hydrogens is 310 g/mol. The number of para-hydroxylation sites is 1. The molecule has 0 spiro atoms. The van der Waals surface area contributed by atoms with Gasteiger partial charge in [0.15, 0.2) is 5.75 Å². The summed E-state index contributed by atoms with van der Waals surface area (Å²) in [6.07, 6.45) is 5.94. The third-order valence-corrected chi connectivity index (χ3v) is 5.43. The lowest BCUT2D eigenvalue weighted by Crippen LogP contribution is -2.38. The first kappa shape index (κ1) is 14.9. The van der Waals surface area contributed by atoms with E-state index in [4.69, 9.17) is 4.74 Å². The molecule has 5 rings (SSSR count). The first-order valence-corrected chi connectivity index (χ1v) is 8.01. The Labute approximate surface area is 138 Å². The molecule has 1 aromatic rings. The van der Waals surface area contributed by atoms with E-state index in [2.05, 4.69) is 12.2 Å². The van der Waals surface area contributed by atoms with Gasteiger partial charge in [-0.3, -0.25) is 9.59 Å². The highest BCUT2D eigenvalue weighted by molar-refractivity contribution is 6.23. The molecule has 124 valence electrons. The largest absolute Gasteiger partial charge is 0.494 e. The standard InChI is InChI=1S/C18H17NO5/c1-24-15-11(18(22)23)3-2-4-12(15)19-16(20)13-9-5-6-10(8-7-9)14(13)17(19)21/h2-6,9-10,13-14H,7-8H2,1H3,(H,22,23). The van der Waals surface area contributed by atoms with E-state index in [1.54, 1.807) is 6.07 Å². The number of benzene rings is 1. The summed E-state index contributed by atoms with van der Waals surface area (Å²) >= 11 is 0. The molecule has 3 aliphatic carbocycles. The van der Waals surface area contributed by atoms with E-state index in [1.165, 1.54) is 19.2 Å². The minimum absolute atomic E-state index is 0.0469. The molecule has 6 nitrogen and oxygen atoms in total. The minimum atomic E-state index is -1.16. The molecule has 2 fully saturated rings. The summed E-state index contributed by atoms with van der Waals surface area (Å²) in [6, 6.07) is 4.48. The molecule has 1 heterocycles. The summed E-state index contributed by atoms with van der Waals surface area (Å²) in [5.74, 6) is -2.09. The predicted octanol–water partition coefficient (Wildman–Crippen LogP) is 2.09. The van der Waals surface area contributed by atoms with Crippen molar-refractivity contribution in [1.29, 1.82) is 0 Å². The highest BCUT2D eigenvalue weighted by Gasteiger charge is 2.57. The normalized spacial score (nSPS) is 30.6. The summed E-state index contributed by atoms with van der Waals surface area (Å²) in [5.41, 5.74) is 0.160. The SMILES string of the molecule is COc1c(C(=O)O)cccc1N1C(=O)C2C3C=CC(CC3)C2C1=O. The third kappa shape index (κ3) is 1.85. The Bertz CT molecular complexity index is 752. The second-order valence-electron chi connectivity index (χ2n) is 6.52. The van der Waals surface area contributed by atoms with Gasteiger partial charge in [-0.2, -0.15) is 0 Å². The van der Waals surface area contributed by atoms with Crippen molar-refractivity contribution in [1.82, 2.24) is 0 Å². The smallest absolute Gasteiger partial charge is 0.339 e. The maximum absolute atomic E-state index is 13.0. The number of ether oxygens (including phenoxy) is 1. The molecule has 0 radical (unpaired) electrons. The van der Waals surface area contributed by atoms with E-state index in [0.29, 0.717) is 0 Å². The number of carbonyl (C=O) groups excluding carboxylic acids is 2. The summed E-state index contributed by atoms with van der Waals surface area (Å²) in [7, 11) is 1.34. The molecule has 1 saturated heterocycles. The zero-order valence-electron chi connectivity index (χ0n) is 13.1. The van der Waals surface area contributed by atoms with Crippen LogP contribution in [0.1, 0.15) is 23.2 Å². The molecule has 2 amide bonds. The van der Waals surface area contributed by atoms with Crippen molar-refractivity contribution < 1.29 is 24.2 Å². The summed E-state index contributed by atoms with van der Waals surface area (Å²) < 4.78 is 5.23. The van der Waals surface area contributed by atoms with Gasteiger partial charge in [-0.05, 0) is 36.8 Å². The fourth-order valence-corrected chi connectivity index (χ4v) is 4.40. The Hall–Kier alpha value is -2.63. The summed E-state index contributed by atoms with van der Waals surface area (Å²) in [6.45, 7) is 0. The van der Waals surface area contributed by atoms with Gasteiger partial charge in [0.1, 0.15) is 5.56 Å². The number of amides is 2. The van der Waals surface area contributed by atoms with Crippen LogP contribution >= 0.6 is 0 Å². The van der Waals surface area contributed by atoms with Gasteiger partial charge in [0.2, 0.25) is 11.8 Å². The first-order chi connectivity index (χ1) is 11.5. The van der Waals surface area contributed by atoms with E-state index in [-0.39, 0.29) is 52.5 Å². The fourth-order valence-electron chi connectivity index (χ4n) is 4.40. The average Bonchev–Trinajstić information content (AvgIpc) is 2.88. The van der Waals surface area contributed by atoms with E-state index < -0.39 is 5.97 Å². The number of carboxylic acids is 1. The van der Waals surface area contributed by atoms with Gasteiger partial charge in [0.25, 0.3) is 0 Å². The Morgan fingerprint density at radius 1 is 1.12 bits per heavy atom. The number of aromatic carboxylic acids is 1. The number of anilines is 1. The van der Waals surface area contributed by atoms with E-state index in [1.807, 2.05) is 0 Å². The molecule has 4 atom stereocenters. The van der Waals surface area contributed by atoms with Crippen molar-refractivity contribution in [2.24, 2.45) is 23.7 Å². The van der Waals surface area contributed by atoms with E-state index >= 15 is 0 Å². The van der Waals surface area contributed by atoms with Crippen LogP contribution in [0.3, 0.4) is 0 Å². The highest BCUT2D eigenvalue weighted by atomic mass is 16.5. The zero-order chi connectivity index (χ0) is 17.0. The van der Waals surface area contributed by atoms with Gasteiger partial charge in [-0.15, -0.1) is 0 Å². The number of methoxy groups -OCH3 is 1. The maximum Gasteiger partial charge on any atom is 0.339 e. The lowest BCUT2D eigenvalue weighted by molar-refractivity contribution is -0.124. The Balaban J connectivity index is 1.81. The van der Waals surface area contributed by atoms with E-state index in [9.17, 15) is 19.5 Å². The van der Waals surface area contributed by atoms with Gasteiger partial charge in [0.05, 0.1) is 24.6 Å². The van der Waals surface area contributed by atoms with Crippen LogP contribution in [0.15, 0.2) is 30.4 Å².